The summed E-state index contributed by atoms with van der Waals surface area (Å²) >= 11 is 1.37. The Kier molecular flexibility index (Phi) is 7.41. The van der Waals surface area contributed by atoms with E-state index in [9.17, 15) is 9.59 Å². The number of thioether (sulfide) groups is 1. The van der Waals surface area contributed by atoms with Gasteiger partial charge in [0, 0.05) is 31.1 Å². The molecule has 2 aromatic carbocycles. The number of Topliss-reactive ketones (excluding diaryl/α,β-unsaturated/α-hetero) is 1. The number of aromatic nitrogens is 3. The number of aryl methyl sites for hydroxylation is 2. The maximum atomic E-state index is 12.6. The molecule has 156 valence electrons. The summed E-state index contributed by atoms with van der Waals surface area (Å²) < 4.78 is 1.96. The van der Waals surface area contributed by atoms with E-state index in [1.54, 1.807) is 0 Å². The number of carbonyl (C=O) groups is 2. The third-order valence-electron chi connectivity index (χ3n) is 4.73. The molecule has 0 aliphatic rings. The van der Waals surface area contributed by atoms with Crippen molar-refractivity contribution in [1.29, 1.82) is 0 Å². The molecule has 0 bridgehead atoms. The first-order valence-electron chi connectivity index (χ1n) is 9.98. The number of nitrogens with one attached hydrogen (secondary N) is 1. The summed E-state index contributed by atoms with van der Waals surface area (Å²) in [5.41, 5.74) is 4.01. The van der Waals surface area contributed by atoms with E-state index in [0.29, 0.717) is 23.7 Å². The van der Waals surface area contributed by atoms with Crippen LogP contribution in [-0.2, 0) is 17.6 Å². The Bertz CT molecular complexity index is 1010. The Hall–Kier alpha value is -2.93. The summed E-state index contributed by atoms with van der Waals surface area (Å²) in [5.74, 6) is 1.00. The monoisotopic (exact) mass is 422 g/mol. The molecule has 0 aliphatic heterocycles. The molecule has 1 heterocycles. The van der Waals surface area contributed by atoms with Gasteiger partial charge < -0.3 is 5.32 Å². The molecule has 1 aromatic heterocycles. The molecule has 0 aliphatic carbocycles. The molecule has 0 radical (unpaired) electrons. The molecule has 6 nitrogen and oxygen atoms in total. The van der Waals surface area contributed by atoms with E-state index >= 15 is 0 Å². The first-order chi connectivity index (χ1) is 14.5. The number of nitrogens with zero attached hydrogens (tertiary/aromatic N) is 3. The summed E-state index contributed by atoms with van der Waals surface area (Å²) in [6.07, 6.45) is 1.50. The molecule has 0 saturated heterocycles. The van der Waals surface area contributed by atoms with Crippen molar-refractivity contribution in [3.05, 3.63) is 71.0 Å². The third kappa shape index (κ3) is 5.57. The molecule has 7 heteroatoms. The average Bonchev–Trinajstić information content (AvgIpc) is 3.15. The Morgan fingerprint density at radius 2 is 1.73 bits per heavy atom. The van der Waals surface area contributed by atoms with Crippen molar-refractivity contribution in [2.24, 2.45) is 0 Å². The quantitative estimate of drug-likeness (QED) is 0.419. The van der Waals surface area contributed by atoms with Gasteiger partial charge in [-0.05, 0) is 31.0 Å². The lowest BCUT2D eigenvalue weighted by Gasteiger charge is -2.11. The SMILES string of the molecule is CCc1ccc(C(=O)CSc2nnc(CCNC(C)=O)n2-c2ccc(C)cc2)cc1. The summed E-state index contributed by atoms with van der Waals surface area (Å²) in [6.45, 7) is 6.09. The van der Waals surface area contributed by atoms with Crippen molar-refractivity contribution in [3.63, 3.8) is 0 Å². The number of benzene rings is 2. The lowest BCUT2D eigenvalue weighted by molar-refractivity contribution is -0.118. The number of amides is 1. The highest BCUT2D eigenvalue weighted by atomic mass is 32.2. The van der Waals surface area contributed by atoms with Gasteiger partial charge in [-0.3, -0.25) is 14.2 Å². The minimum absolute atomic E-state index is 0.0564. The number of rotatable bonds is 9. The normalized spacial score (nSPS) is 10.8. The van der Waals surface area contributed by atoms with Gasteiger partial charge >= 0.3 is 0 Å². The summed E-state index contributed by atoms with van der Waals surface area (Å²) in [5, 5.41) is 12.1. The van der Waals surface area contributed by atoms with Gasteiger partial charge in [0.25, 0.3) is 0 Å². The summed E-state index contributed by atoms with van der Waals surface area (Å²) in [6, 6.07) is 15.8. The van der Waals surface area contributed by atoms with Crippen LogP contribution in [0.4, 0.5) is 0 Å². The van der Waals surface area contributed by atoms with Gasteiger partial charge in [-0.1, -0.05) is 60.6 Å². The molecule has 0 unspecified atom stereocenters. The molecule has 0 spiro atoms. The van der Waals surface area contributed by atoms with Crippen molar-refractivity contribution in [3.8, 4) is 5.69 Å². The molecule has 3 rings (SSSR count). The molecule has 3 aromatic rings. The summed E-state index contributed by atoms with van der Waals surface area (Å²) in [4.78, 5) is 23.8. The van der Waals surface area contributed by atoms with Crippen LogP contribution in [0.15, 0.2) is 53.7 Å². The third-order valence-corrected chi connectivity index (χ3v) is 5.66. The van der Waals surface area contributed by atoms with Crippen molar-refractivity contribution in [2.75, 3.05) is 12.3 Å². The van der Waals surface area contributed by atoms with Gasteiger partial charge in [-0.2, -0.15) is 0 Å². The average molecular weight is 423 g/mol. The molecular formula is C23H26N4O2S. The van der Waals surface area contributed by atoms with Crippen LogP contribution >= 0.6 is 11.8 Å². The Labute approximate surface area is 181 Å². The van der Waals surface area contributed by atoms with Crippen LogP contribution in [0.2, 0.25) is 0 Å². The van der Waals surface area contributed by atoms with E-state index in [-0.39, 0.29) is 17.4 Å². The van der Waals surface area contributed by atoms with Crippen molar-refractivity contribution in [1.82, 2.24) is 20.1 Å². The van der Waals surface area contributed by atoms with Crippen LogP contribution in [0, 0.1) is 6.92 Å². The molecule has 0 fully saturated rings. The molecule has 1 N–H and O–H groups in total. The molecule has 0 atom stereocenters. The van der Waals surface area contributed by atoms with Crippen LogP contribution in [0.25, 0.3) is 5.69 Å². The Morgan fingerprint density at radius 1 is 1.03 bits per heavy atom. The predicted octanol–water partition coefficient (Wildman–Crippen LogP) is 3.79. The smallest absolute Gasteiger partial charge is 0.216 e. The van der Waals surface area contributed by atoms with E-state index in [0.717, 1.165) is 23.5 Å². The van der Waals surface area contributed by atoms with Gasteiger partial charge in [0.1, 0.15) is 5.82 Å². The Morgan fingerprint density at radius 3 is 2.37 bits per heavy atom. The van der Waals surface area contributed by atoms with Crippen LogP contribution < -0.4 is 5.32 Å². The van der Waals surface area contributed by atoms with Crippen molar-refractivity contribution < 1.29 is 9.59 Å². The second-order valence-corrected chi connectivity index (χ2v) is 8.01. The minimum Gasteiger partial charge on any atom is -0.356 e. The van der Waals surface area contributed by atoms with E-state index in [1.165, 1.54) is 24.2 Å². The fourth-order valence-corrected chi connectivity index (χ4v) is 3.86. The maximum Gasteiger partial charge on any atom is 0.216 e. The zero-order valence-corrected chi connectivity index (χ0v) is 18.3. The standard InChI is InChI=1S/C23H26N4O2S/c1-4-18-7-9-19(10-8-18)21(29)15-30-23-26-25-22(13-14-24-17(3)28)27(23)20-11-5-16(2)6-12-20/h5-12H,4,13-15H2,1-3H3,(H,24,28). The maximum absolute atomic E-state index is 12.6. The second kappa shape index (κ2) is 10.2. The van der Waals surface area contributed by atoms with Crippen LogP contribution in [-0.4, -0.2) is 38.8 Å². The first-order valence-corrected chi connectivity index (χ1v) is 11.0. The molecular weight excluding hydrogens is 396 g/mol. The van der Waals surface area contributed by atoms with Crippen LogP contribution in [0.1, 0.15) is 41.2 Å². The van der Waals surface area contributed by atoms with E-state index in [4.69, 9.17) is 0 Å². The topological polar surface area (TPSA) is 76.9 Å². The lowest BCUT2D eigenvalue weighted by Crippen LogP contribution is -2.23. The zero-order valence-electron chi connectivity index (χ0n) is 17.5. The van der Waals surface area contributed by atoms with Crippen molar-refractivity contribution in [2.45, 2.75) is 38.8 Å². The highest BCUT2D eigenvalue weighted by molar-refractivity contribution is 7.99. The molecule has 0 saturated carbocycles. The van der Waals surface area contributed by atoms with E-state index in [1.807, 2.05) is 60.0 Å². The lowest BCUT2D eigenvalue weighted by atomic mass is 10.1. The van der Waals surface area contributed by atoms with Gasteiger partial charge in [0.2, 0.25) is 5.91 Å². The number of hydrogen-bond acceptors (Lipinski definition) is 5. The number of hydrogen-bond donors (Lipinski definition) is 1. The van der Waals surface area contributed by atoms with Gasteiger partial charge in [0.05, 0.1) is 5.75 Å². The highest BCUT2D eigenvalue weighted by Gasteiger charge is 2.16. The zero-order chi connectivity index (χ0) is 21.5. The fraction of sp³-hybridized carbons (Fsp3) is 0.304. The molecule has 1 amide bonds. The molecule has 30 heavy (non-hydrogen) atoms. The predicted molar refractivity (Wildman–Crippen MR) is 119 cm³/mol. The fourth-order valence-electron chi connectivity index (χ4n) is 3.00. The van der Waals surface area contributed by atoms with Crippen molar-refractivity contribution >= 4 is 23.5 Å². The van der Waals surface area contributed by atoms with Crippen LogP contribution in [0.5, 0.6) is 0 Å². The van der Waals surface area contributed by atoms with Gasteiger partial charge in [-0.25, -0.2) is 0 Å². The number of carbonyl (C=O) groups excluding carboxylic acids is 2. The highest BCUT2D eigenvalue weighted by Crippen LogP contribution is 2.23. The second-order valence-electron chi connectivity index (χ2n) is 7.07. The van der Waals surface area contributed by atoms with E-state index in [2.05, 4.69) is 22.4 Å². The van der Waals surface area contributed by atoms with Crippen LogP contribution in [0.3, 0.4) is 0 Å². The Balaban J connectivity index is 1.78. The van der Waals surface area contributed by atoms with Gasteiger partial charge in [0.15, 0.2) is 10.9 Å². The number of ketones is 1. The largest absolute Gasteiger partial charge is 0.356 e. The van der Waals surface area contributed by atoms with Gasteiger partial charge in [-0.15, -0.1) is 10.2 Å². The van der Waals surface area contributed by atoms with E-state index < -0.39 is 0 Å². The first kappa shape index (κ1) is 21.8. The minimum atomic E-state index is -0.0781. The summed E-state index contributed by atoms with van der Waals surface area (Å²) in [7, 11) is 0.